The number of carbonyl (C=O) groups is 1. The summed E-state index contributed by atoms with van der Waals surface area (Å²) in [6, 6.07) is 4.84. The Kier molecular flexibility index (Phi) is 6.18. The van der Waals surface area contributed by atoms with Gasteiger partial charge in [0, 0.05) is 12.6 Å². The topological polar surface area (TPSA) is 66.5 Å². The number of nitrogens with one attached hydrogen (secondary N) is 1. The molecule has 1 rings (SSSR count). The number of hydrogen-bond donors (Lipinski definition) is 1. The van der Waals surface area contributed by atoms with Crippen LogP contribution in [0.25, 0.3) is 0 Å². The first-order valence-electron chi connectivity index (χ1n) is 6.35. The Hall–Kier alpha value is -2.05. The van der Waals surface area contributed by atoms with Gasteiger partial charge in [-0.3, -0.25) is 4.79 Å². The minimum Gasteiger partial charge on any atom is -0.344 e. The van der Waals surface area contributed by atoms with Crippen molar-refractivity contribution in [2.75, 3.05) is 26.4 Å². The zero-order valence-corrected chi connectivity index (χ0v) is 13.3. The maximum atomic E-state index is 12.7. The Balaban J connectivity index is 2.65. The van der Waals surface area contributed by atoms with Crippen LogP contribution in [0.5, 0.6) is 0 Å². The summed E-state index contributed by atoms with van der Waals surface area (Å²) >= 11 is 0. The van der Waals surface area contributed by atoms with E-state index in [4.69, 9.17) is 0 Å². The Morgan fingerprint density at radius 1 is 1.30 bits per heavy atom. The van der Waals surface area contributed by atoms with Gasteiger partial charge in [-0.15, -0.1) is 0 Å². The van der Waals surface area contributed by atoms with Gasteiger partial charge in [0.2, 0.25) is 15.9 Å². The highest BCUT2D eigenvalue weighted by atomic mass is 32.2. The van der Waals surface area contributed by atoms with Gasteiger partial charge in [-0.05, 0) is 12.1 Å². The first kappa shape index (κ1) is 19.0. The van der Waals surface area contributed by atoms with E-state index in [9.17, 15) is 26.4 Å². The van der Waals surface area contributed by atoms with Crippen LogP contribution in [0.3, 0.4) is 0 Å². The number of nitrogens with zero attached hydrogens (tertiary/aromatic N) is 1. The number of amides is 1. The molecule has 0 spiro atoms. The Labute approximate surface area is 132 Å². The van der Waals surface area contributed by atoms with Crippen molar-refractivity contribution in [3.63, 3.8) is 0 Å². The number of sulfonamides is 1. The fourth-order valence-corrected chi connectivity index (χ4v) is 1.85. The number of alkyl halides is 3. The lowest BCUT2D eigenvalue weighted by atomic mass is 10.1. The highest BCUT2D eigenvalue weighted by molar-refractivity contribution is 7.88. The van der Waals surface area contributed by atoms with E-state index in [1.807, 2.05) is 0 Å². The van der Waals surface area contributed by atoms with Gasteiger partial charge >= 0.3 is 6.18 Å². The maximum Gasteiger partial charge on any atom is 0.417 e. The minimum atomic E-state index is -4.51. The third-order valence-electron chi connectivity index (χ3n) is 2.76. The lowest BCUT2D eigenvalue weighted by Crippen LogP contribution is -2.37. The number of carbonyl (C=O) groups excluding carboxylic acids is 1. The normalized spacial score (nSPS) is 11.7. The number of likely N-dealkylation sites (N-methyl/N-ethyl adjacent to an activating group) is 1. The molecule has 0 saturated carbocycles. The van der Waals surface area contributed by atoms with Gasteiger partial charge in [-0.2, -0.15) is 17.5 Å². The zero-order valence-electron chi connectivity index (χ0n) is 12.4. The third-order valence-corrected chi connectivity index (χ3v) is 4.02. The van der Waals surface area contributed by atoms with E-state index < -0.39 is 27.7 Å². The van der Waals surface area contributed by atoms with Crippen molar-refractivity contribution in [1.82, 2.24) is 9.62 Å². The molecule has 23 heavy (non-hydrogen) atoms. The quantitative estimate of drug-likeness (QED) is 0.828. The zero-order chi connectivity index (χ0) is 17.7. The summed E-state index contributed by atoms with van der Waals surface area (Å²) in [6.45, 7) is -0.581. The summed E-state index contributed by atoms with van der Waals surface area (Å²) in [4.78, 5) is 11.5. The van der Waals surface area contributed by atoms with E-state index in [1.54, 1.807) is 0 Å². The summed E-state index contributed by atoms with van der Waals surface area (Å²) in [5.74, 6) is 4.15. The summed E-state index contributed by atoms with van der Waals surface area (Å²) in [5, 5.41) is 2.31. The molecule has 0 aromatic heterocycles. The largest absolute Gasteiger partial charge is 0.417 e. The Bertz CT molecular complexity index is 734. The third kappa shape index (κ3) is 6.30. The van der Waals surface area contributed by atoms with Crippen LogP contribution in [0, 0.1) is 11.8 Å². The van der Waals surface area contributed by atoms with Crippen LogP contribution in [0.1, 0.15) is 11.1 Å². The highest BCUT2D eigenvalue weighted by Gasteiger charge is 2.32. The second kappa shape index (κ2) is 7.48. The molecule has 0 radical (unpaired) electrons. The summed E-state index contributed by atoms with van der Waals surface area (Å²) in [6.07, 6.45) is -3.55. The molecule has 1 N–H and O–H groups in total. The molecule has 0 aliphatic carbocycles. The van der Waals surface area contributed by atoms with Crippen molar-refractivity contribution in [2.45, 2.75) is 6.18 Å². The van der Waals surface area contributed by atoms with Crippen molar-refractivity contribution in [1.29, 1.82) is 0 Å². The molecule has 1 aromatic carbocycles. The van der Waals surface area contributed by atoms with Gasteiger partial charge in [0.05, 0.1) is 24.9 Å². The van der Waals surface area contributed by atoms with Gasteiger partial charge in [-0.1, -0.05) is 24.0 Å². The average molecular weight is 348 g/mol. The molecule has 0 unspecified atom stereocenters. The molecule has 0 bridgehead atoms. The standard InChI is InChI=1S/C14H15F3N2O3S/c1-19(23(2,21)22)10-13(20)18-9-5-7-11-6-3-4-8-12(11)14(15,16)17/h3-4,6,8H,9-10H2,1-2H3,(H,18,20). The molecule has 0 aliphatic heterocycles. The van der Waals surface area contributed by atoms with Crippen LogP contribution in [0.2, 0.25) is 0 Å². The first-order valence-corrected chi connectivity index (χ1v) is 8.19. The lowest BCUT2D eigenvalue weighted by molar-refractivity contribution is -0.137. The van der Waals surface area contributed by atoms with E-state index in [-0.39, 0.29) is 18.7 Å². The molecule has 0 aliphatic rings. The van der Waals surface area contributed by atoms with E-state index >= 15 is 0 Å². The molecule has 9 heteroatoms. The number of halogens is 3. The van der Waals surface area contributed by atoms with Crippen molar-refractivity contribution < 1.29 is 26.4 Å². The van der Waals surface area contributed by atoms with Crippen molar-refractivity contribution in [2.24, 2.45) is 0 Å². The van der Waals surface area contributed by atoms with E-state index in [0.717, 1.165) is 16.6 Å². The van der Waals surface area contributed by atoms with E-state index in [2.05, 4.69) is 17.2 Å². The lowest BCUT2D eigenvalue weighted by Gasteiger charge is -2.12. The van der Waals surface area contributed by atoms with Gasteiger partial charge in [0.1, 0.15) is 0 Å². The molecule has 0 heterocycles. The molecule has 126 valence electrons. The second-order valence-electron chi connectivity index (χ2n) is 4.64. The number of rotatable bonds is 4. The minimum absolute atomic E-state index is 0.192. The smallest absolute Gasteiger partial charge is 0.344 e. The summed E-state index contributed by atoms with van der Waals surface area (Å²) in [7, 11) is -2.25. The molecule has 1 amide bonds. The molecule has 0 atom stereocenters. The van der Waals surface area contributed by atoms with Crippen LogP contribution < -0.4 is 5.32 Å². The van der Waals surface area contributed by atoms with Gasteiger partial charge in [0.15, 0.2) is 0 Å². The maximum absolute atomic E-state index is 12.7. The monoisotopic (exact) mass is 348 g/mol. The van der Waals surface area contributed by atoms with Crippen molar-refractivity contribution >= 4 is 15.9 Å². The second-order valence-corrected chi connectivity index (χ2v) is 6.73. The van der Waals surface area contributed by atoms with E-state index in [0.29, 0.717) is 0 Å². The molecule has 5 nitrogen and oxygen atoms in total. The van der Waals surface area contributed by atoms with Gasteiger partial charge < -0.3 is 5.32 Å². The van der Waals surface area contributed by atoms with Gasteiger partial charge in [-0.25, -0.2) is 8.42 Å². The van der Waals surface area contributed by atoms with Crippen LogP contribution in [0.15, 0.2) is 24.3 Å². The Morgan fingerprint density at radius 3 is 2.48 bits per heavy atom. The fourth-order valence-electron chi connectivity index (χ4n) is 1.50. The molecule has 0 saturated heterocycles. The predicted molar refractivity (Wildman–Crippen MR) is 78.8 cm³/mol. The molecular formula is C14H15F3N2O3S. The highest BCUT2D eigenvalue weighted by Crippen LogP contribution is 2.31. The SMILES string of the molecule is CN(CC(=O)NCC#Cc1ccccc1C(F)(F)F)S(C)(=O)=O. The van der Waals surface area contributed by atoms with Gasteiger partial charge in [0.25, 0.3) is 0 Å². The number of benzene rings is 1. The van der Waals surface area contributed by atoms with Crippen LogP contribution in [-0.2, 0) is 21.0 Å². The van der Waals surface area contributed by atoms with E-state index in [1.165, 1.54) is 25.2 Å². The summed E-state index contributed by atoms with van der Waals surface area (Å²) < 4.78 is 61.3. The first-order chi connectivity index (χ1) is 10.5. The van der Waals surface area contributed by atoms with Crippen molar-refractivity contribution in [3.05, 3.63) is 35.4 Å². The number of hydrogen-bond acceptors (Lipinski definition) is 3. The Morgan fingerprint density at radius 2 is 1.91 bits per heavy atom. The molecule has 1 aromatic rings. The summed E-state index contributed by atoms with van der Waals surface area (Å²) in [5.41, 5.74) is -1.04. The van der Waals surface area contributed by atoms with Crippen molar-refractivity contribution in [3.8, 4) is 11.8 Å². The van der Waals surface area contributed by atoms with Crippen LogP contribution in [-0.4, -0.2) is 45.0 Å². The van der Waals surface area contributed by atoms with Crippen LogP contribution in [0.4, 0.5) is 13.2 Å². The average Bonchev–Trinajstić information content (AvgIpc) is 2.42. The fraction of sp³-hybridized carbons (Fsp3) is 0.357. The predicted octanol–water partition coefficient (Wildman–Crippen LogP) is 1.06. The van der Waals surface area contributed by atoms with Crippen LogP contribution >= 0.6 is 0 Å². The molecule has 0 fully saturated rings. The molecular weight excluding hydrogens is 333 g/mol.